The molecule has 0 aliphatic carbocycles. The highest BCUT2D eigenvalue weighted by Crippen LogP contribution is 2.18. The first-order chi connectivity index (χ1) is 9.70. The Morgan fingerprint density at radius 2 is 1.76 bits per heavy atom. The van der Waals surface area contributed by atoms with Gasteiger partial charge in [0.25, 0.3) is 11.5 Å². The van der Waals surface area contributed by atoms with Gasteiger partial charge in [0.2, 0.25) is 0 Å². The van der Waals surface area contributed by atoms with Gasteiger partial charge in [-0.05, 0) is 14.0 Å². The molecular weight excluding hydrogens is 268 g/mol. The molecule has 2 heterocycles. The number of piperazine rings is 1. The molecule has 0 unspecified atom stereocenters. The van der Waals surface area contributed by atoms with E-state index in [0.29, 0.717) is 24.6 Å². The third-order valence-electron chi connectivity index (χ3n) is 3.82. The lowest BCUT2D eigenvalue weighted by Crippen LogP contribution is -2.48. The van der Waals surface area contributed by atoms with Crippen LogP contribution in [0.1, 0.15) is 42.6 Å². The summed E-state index contributed by atoms with van der Waals surface area (Å²) in [6.45, 7) is 10.6. The van der Waals surface area contributed by atoms with Crippen molar-refractivity contribution < 1.29 is 4.79 Å². The molecule has 1 fully saturated rings. The van der Waals surface area contributed by atoms with Gasteiger partial charge < -0.3 is 14.8 Å². The molecule has 1 saturated heterocycles. The van der Waals surface area contributed by atoms with Gasteiger partial charge in [-0.15, -0.1) is 0 Å². The highest BCUT2D eigenvalue weighted by Gasteiger charge is 2.26. The molecule has 0 spiro atoms. The topological polar surface area (TPSA) is 69.3 Å². The Hall–Kier alpha value is -1.69. The van der Waals surface area contributed by atoms with Gasteiger partial charge in [0.15, 0.2) is 0 Å². The number of nitrogens with zero attached hydrogens (tertiary/aromatic N) is 3. The van der Waals surface area contributed by atoms with Gasteiger partial charge in [0, 0.05) is 31.6 Å². The summed E-state index contributed by atoms with van der Waals surface area (Å²) in [6, 6.07) is 0. The monoisotopic (exact) mass is 292 g/mol. The van der Waals surface area contributed by atoms with Crippen molar-refractivity contribution in [2.75, 3.05) is 33.2 Å². The van der Waals surface area contributed by atoms with Crippen molar-refractivity contribution in [1.82, 2.24) is 19.8 Å². The van der Waals surface area contributed by atoms with Crippen LogP contribution in [0.15, 0.2) is 4.79 Å². The van der Waals surface area contributed by atoms with Gasteiger partial charge in [-0.1, -0.05) is 20.8 Å². The van der Waals surface area contributed by atoms with Gasteiger partial charge in [-0.2, -0.15) is 0 Å². The number of aromatic nitrogens is 2. The Morgan fingerprint density at radius 1 is 1.19 bits per heavy atom. The van der Waals surface area contributed by atoms with E-state index in [0.717, 1.165) is 13.1 Å². The molecule has 1 aromatic rings. The first-order valence-corrected chi connectivity index (χ1v) is 7.29. The first kappa shape index (κ1) is 15.7. The number of hydrogen-bond donors (Lipinski definition) is 1. The summed E-state index contributed by atoms with van der Waals surface area (Å²) in [6.07, 6.45) is 0. The molecule has 6 heteroatoms. The summed E-state index contributed by atoms with van der Waals surface area (Å²) in [7, 11) is 2.03. The summed E-state index contributed by atoms with van der Waals surface area (Å²) < 4.78 is 0. The number of H-pyrrole nitrogens is 1. The Bertz CT molecular complexity index is 593. The molecule has 1 aliphatic rings. The summed E-state index contributed by atoms with van der Waals surface area (Å²) in [5, 5.41) is 0. The van der Waals surface area contributed by atoms with Gasteiger partial charge >= 0.3 is 0 Å². The van der Waals surface area contributed by atoms with E-state index in [1.54, 1.807) is 11.8 Å². The number of nitrogens with one attached hydrogen (secondary N) is 1. The number of carbonyl (C=O) groups excluding carboxylic acids is 1. The number of amides is 1. The predicted octanol–water partition coefficient (Wildman–Crippen LogP) is 0.763. The van der Waals surface area contributed by atoms with Crippen molar-refractivity contribution in [1.29, 1.82) is 0 Å². The number of aryl methyl sites for hydroxylation is 1. The standard InChI is InChI=1S/C15H24N4O2/c1-10-11(12(20)17-14(16-10)15(2,3)4)13(21)19-8-6-18(5)7-9-19/h6-9H2,1-5H3,(H,16,17,20). The minimum atomic E-state index is -0.337. The van der Waals surface area contributed by atoms with Gasteiger partial charge in [-0.3, -0.25) is 9.59 Å². The van der Waals surface area contributed by atoms with E-state index in [1.807, 2.05) is 27.8 Å². The molecule has 1 amide bonds. The van der Waals surface area contributed by atoms with Crippen LogP contribution in [0.2, 0.25) is 0 Å². The van der Waals surface area contributed by atoms with Crippen LogP contribution in [0.5, 0.6) is 0 Å². The average molecular weight is 292 g/mol. The molecule has 1 aromatic heterocycles. The van der Waals surface area contributed by atoms with Crippen LogP contribution in [-0.4, -0.2) is 58.9 Å². The van der Waals surface area contributed by atoms with Crippen LogP contribution < -0.4 is 5.56 Å². The minimum absolute atomic E-state index is 0.174. The quantitative estimate of drug-likeness (QED) is 0.830. The number of rotatable bonds is 1. The fourth-order valence-electron chi connectivity index (χ4n) is 2.36. The summed E-state index contributed by atoms with van der Waals surface area (Å²) >= 11 is 0. The van der Waals surface area contributed by atoms with E-state index in [9.17, 15) is 9.59 Å². The Balaban J connectivity index is 2.32. The lowest BCUT2D eigenvalue weighted by molar-refractivity contribution is 0.0660. The number of carbonyl (C=O) groups is 1. The Labute approximate surface area is 125 Å². The fourth-order valence-corrected chi connectivity index (χ4v) is 2.36. The van der Waals surface area contributed by atoms with Crippen LogP contribution >= 0.6 is 0 Å². The van der Waals surface area contributed by atoms with Crippen molar-refractivity contribution >= 4 is 5.91 Å². The van der Waals surface area contributed by atoms with Crippen LogP contribution in [-0.2, 0) is 5.41 Å². The van der Waals surface area contributed by atoms with E-state index in [-0.39, 0.29) is 22.4 Å². The zero-order valence-electron chi connectivity index (χ0n) is 13.5. The SMILES string of the molecule is Cc1nc(C(C)(C)C)[nH]c(=O)c1C(=O)N1CCN(C)CC1. The van der Waals surface area contributed by atoms with Crippen molar-refractivity contribution in [2.45, 2.75) is 33.1 Å². The molecule has 116 valence electrons. The van der Waals surface area contributed by atoms with Crippen molar-refractivity contribution in [3.05, 3.63) is 27.4 Å². The highest BCUT2D eigenvalue weighted by atomic mass is 16.2. The lowest BCUT2D eigenvalue weighted by Gasteiger charge is -2.32. The van der Waals surface area contributed by atoms with Crippen LogP contribution in [0.25, 0.3) is 0 Å². The predicted molar refractivity (Wildman–Crippen MR) is 81.7 cm³/mol. The van der Waals surface area contributed by atoms with E-state index < -0.39 is 0 Å². The van der Waals surface area contributed by atoms with Crippen molar-refractivity contribution in [3.8, 4) is 0 Å². The third kappa shape index (κ3) is 3.32. The van der Waals surface area contributed by atoms with E-state index in [1.165, 1.54) is 0 Å². The smallest absolute Gasteiger partial charge is 0.264 e. The van der Waals surface area contributed by atoms with Gasteiger partial charge in [-0.25, -0.2) is 4.98 Å². The molecule has 1 aliphatic heterocycles. The molecule has 6 nitrogen and oxygen atoms in total. The molecule has 0 aromatic carbocycles. The largest absolute Gasteiger partial charge is 0.336 e. The maximum Gasteiger partial charge on any atom is 0.264 e. The average Bonchev–Trinajstić information content (AvgIpc) is 2.37. The summed E-state index contributed by atoms with van der Waals surface area (Å²) in [5.41, 5.74) is 0.0933. The minimum Gasteiger partial charge on any atom is -0.336 e. The lowest BCUT2D eigenvalue weighted by atomic mass is 9.95. The van der Waals surface area contributed by atoms with Crippen molar-refractivity contribution in [3.63, 3.8) is 0 Å². The molecule has 0 radical (unpaired) electrons. The second-order valence-electron chi connectivity index (χ2n) is 6.72. The second-order valence-corrected chi connectivity index (χ2v) is 6.72. The molecule has 0 atom stereocenters. The zero-order valence-corrected chi connectivity index (χ0v) is 13.5. The number of aromatic amines is 1. The number of hydrogen-bond acceptors (Lipinski definition) is 4. The summed E-state index contributed by atoms with van der Waals surface area (Å²) in [5.74, 6) is 0.398. The normalized spacial score (nSPS) is 17.1. The van der Waals surface area contributed by atoms with Crippen LogP contribution in [0, 0.1) is 6.92 Å². The number of likely N-dealkylation sites (N-methyl/N-ethyl adjacent to an activating group) is 1. The molecular formula is C15H24N4O2. The summed E-state index contributed by atoms with van der Waals surface area (Å²) in [4.78, 5) is 35.9. The maximum atomic E-state index is 12.6. The Kier molecular flexibility index (Phi) is 4.18. The third-order valence-corrected chi connectivity index (χ3v) is 3.82. The molecule has 0 bridgehead atoms. The fraction of sp³-hybridized carbons (Fsp3) is 0.667. The van der Waals surface area contributed by atoms with E-state index in [4.69, 9.17) is 0 Å². The van der Waals surface area contributed by atoms with Gasteiger partial charge in [0.1, 0.15) is 11.4 Å². The van der Waals surface area contributed by atoms with E-state index >= 15 is 0 Å². The molecule has 21 heavy (non-hydrogen) atoms. The van der Waals surface area contributed by atoms with E-state index in [2.05, 4.69) is 14.9 Å². The maximum absolute atomic E-state index is 12.6. The Morgan fingerprint density at radius 3 is 2.24 bits per heavy atom. The zero-order chi connectivity index (χ0) is 15.8. The van der Waals surface area contributed by atoms with Crippen LogP contribution in [0.3, 0.4) is 0 Å². The first-order valence-electron chi connectivity index (χ1n) is 7.29. The highest BCUT2D eigenvalue weighted by molar-refractivity contribution is 5.94. The van der Waals surface area contributed by atoms with Gasteiger partial charge in [0.05, 0.1) is 5.69 Å². The van der Waals surface area contributed by atoms with Crippen molar-refractivity contribution in [2.24, 2.45) is 0 Å². The molecule has 0 saturated carbocycles. The molecule has 1 N–H and O–H groups in total. The second kappa shape index (κ2) is 5.60. The van der Waals surface area contributed by atoms with Crippen LogP contribution in [0.4, 0.5) is 0 Å². The molecule has 2 rings (SSSR count).